The lowest BCUT2D eigenvalue weighted by atomic mass is 9.94. The number of phosphoric ester groups is 1. The molecule has 55 heavy (non-hydrogen) atoms. The topological polar surface area (TPSA) is 345 Å². The van der Waals surface area contributed by atoms with Gasteiger partial charge >= 0.3 is 44.4 Å². The number of nitrogens with two attached hydrogens (primary N) is 1. The van der Waals surface area contributed by atoms with Crippen LogP contribution < -0.4 is 5.73 Å². The molecule has 6 N–H and O–H groups in total. The van der Waals surface area contributed by atoms with E-state index in [0.717, 1.165) is 40.9 Å². The lowest BCUT2D eigenvalue weighted by Gasteiger charge is -2.45. The van der Waals surface area contributed by atoms with Crippen LogP contribution in [0.15, 0.2) is 12.7 Å². The summed E-state index contributed by atoms with van der Waals surface area (Å²) < 4.78 is 66.9. The molecular weight excluding hydrogens is 808 g/mol. The van der Waals surface area contributed by atoms with E-state index in [4.69, 9.17) is 64.1 Å². The number of carbonyl (C=O) groups is 5. The summed E-state index contributed by atoms with van der Waals surface area (Å²) in [5, 5.41) is 21.3. The van der Waals surface area contributed by atoms with Crippen molar-refractivity contribution in [2.75, 3.05) is 18.9 Å². The van der Waals surface area contributed by atoms with Crippen LogP contribution in [0.3, 0.4) is 0 Å². The van der Waals surface area contributed by atoms with Gasteiger partial charge in [-0.05, 0) is 11.8 Å². The molecule has 0 bridgehead atoms. The molecule has 0 saturated carbocycles. The predicted octanol–water partition coefficient (Wildman–Crippen LogP) is -1.59. The first-order chi connectivity index (χ1) is 25.6. The first-order valence-corrected chi connectivity index (χ1v) is 19.8. The summed E-state index contributed by atoms with van der Waals surface area (Å²) in [7, 11) is -5.74. The van der Waals surface area contributed by atoms with Crippen molar-refractivity contribution in [2.45, 2.75) is 96.0 Å². The Bertz CT molecular complexity index is 1870. The molecule has 306 valence electrons. The third-order valence-corrected chi connectivity index (χ3v) is 10.9. The van der Waals surface area contributed by atoms with E-state index in [0.29, 0.717) is 0 Å². The lowest BCUT2D eigenvalue weighted by molar-refractivity contribution is -0.301. The van der Waals surface area contributed by atoms with Crippen molar-refractivity contribution in [1.82, 2.24) is 19.5 Å². The van der Waals surface area contributed by atoms with Crippen LogP contribution in [0.5, 0.6) is 0 Å². The molecule has 2 aromatic heterocycles. The predicted molar refractivity (Wildman–Crippen MR) is 178 cm³/mol. The van der Waals surface area contributed by atoms with Crippen molar-refractivity contribution < 1.29 is 95.1 Å². The molecule has 0 radical (unpaired) electrons. The molecule has 0 aromatic carbocycles. The van der Waals surface area contributed by atoms with Gasteiger partial charge in [-0.1, -0.05) is 0 Å². The lowest BCUT2D eigenvalue weighted by Crippen LogP contribution is -2.65. The fraction of sp³-hybridized carbons (Fsp3) is 0.630. The summed E-state index contributed by atoms with van der Waals surface area (Å²) in [6.45, 7) is -1.80. The van der Waals surface area contributed by atoms with Crippen LogP contribution in [0.25, 0.3) is 11.2 Å². The summed E-state index contributed by atoms with van der Waals surface area (Å²) in [6.07, 6.45) is -15.4. The Labute approximate surface area is 315 Å². The molecule has 28 heteroatoms. The van der Waals surface area contributed by atoms with Gasteiger partial charge in [0.25, 0.3) is 0 Å². The smallest absolute Gasteiger partial charge is 0.462 e. The van der Waals surface area contributed by atoms with Gasteiger partial charge in [0.1, 0.15) is 42.9 Å². The summed E-state index contributed by atoms with van der Waals surface area (Å²) in [6, 6.07) is 0. The number of fused-ring (bicyclic) bond motifs is 1. The number of esters is 5. The molecule has 2 aliphatic heterocycles. The molecule has 4 rings (SSSR count). The number of aromatic nitrogens is 4. The Balaban J connectivity index is 1.57. The van der Waals surface area contributed by atoms with Gasteiger partial charge in [-0.2, -0.15) is 0 Å². The zero-order valence-electron chi connectivity index (χ0n) is 29.3. The SMILES string of the molecule is CC(=O)OC[C@@H](OC(C)=O)C1OC(OP(=O)(O)OP(O)(=S)OCC2OC(n3cnc4c(N)ncnc43)C(O)C2O)C(OC(C)=O)C(OC(C)=O)C1OC(C)=O. The third kappa shape index (κ3) is 11.4. The Morgan fingerprint density at radius 3 is 2.11 bits per heavy atom. The first kappa shape index (κ1) is 43.9. The zero-order valence-corrected chi connectivity index (χ0v) is 31.9. The molecule has 4 heterocycles. The molecular formula is C27H37N5O20P2S. The number of ether oxygens (including phenoxy) is 7. The second kappa shape index (κ2) is 18.0. The molecule has 25 nitrogen and oxygen atoms in total. The van der Waals surface area contributed by atoms with E-state index in [1.165, 1.54) is 10.9 Å². The number of nitrogen functional groups attached to an aromatic ring is 1. The molecule has 0 amide bonds. The molecule has 2 aromatic rings. The summed E-state index contributed by atoms with van der Waals surface area (Å²) >= 11 is 4.87. The largest absolute Gasteiger partial charge is 0.481 e. The summed E-state index contributed by atoms with van der Waals surface area (Å²) in [4.78, 5) is 93.7. The Hall–Kier alpha value is -3.78. The van der Waals surface area contributed by atoms with Gasteiger partial charge in [-0.3, -0.25) is 33.1 Å². The number of carbonyl (C=O) groups excluding carboxylic acids is 5. The van der Waals surface area contributed by atoms with Crippen LogP contribution in [-0.2, 0) is 86.9 Å². The number of anilines is 1. The Morgan fingerprint density at radius 2 is 1.51 bits per heavy atom. The van der Waals surface area contributed by atoms with Gasteiger partial charge in [0.2, 0.25) is 6.29 Å². The van der Waals surface area contributed by atoms with Gasteiger partial charge in [0, 0.05) is 34.6 Å². The van der Waals surface area contributed by atoms with Crippen molar-refractivity contribution in [3.05, 3.63) is 12.7 Å². The summed E-state index contributed by atoms with van der Waals surface area (Å²) in [5.41, 5.74) is 6.10. The third-order valence-electron chi connectivity index (χ3n) is 7.42. The van der Waals surface area contributed by atoms with Crippen LogP contribution in [0.2, 0.25) is 0 Å². The van der Waals surface area contributed by atoms with E-state index < -0.39 is 119 Å². The molecule has 11 unspecified atom stereocenters. The molecule has 2 saturated heterocycles. The molecule has 0 spiro atoms. The van der Waals surface area contributed by atoms with Crippen molar-refractivity contribution >= 4 is 73.2 Å². The van der Waals surface area contributed by atoms with E-state index in [2.05, 4.69) is 15.0 Å². The van der Waals surface area contributed by atoms with E-state index in [-0.39, 0.29) is 17.0 Å². The van der Waals surface area contributed by atoms with Gasteiger partial charge in [0.15, 0.2) is 42.1 Å². The van der Waals surface area contributed by atoms with Crippen LogP contribution in [0, 0.1) is 0 Å². The highest BCUT2D eigenvalue weighted by molar-refractivity contribution is 8.08. The highest BCUT2D eigenvalue weighted by Crippen LogP contribution is 2.62. The number of rotatable bonds is 15. The fourth-order valence-corrected chi connectivity index (χ4v) is 8.52. The number of hydrogen-bond acceptors (Lipinski definition) is 23. The number of aliphatic hydroxyl groups is 2. The normalized spacial score (nSPS) is 29.3. The highest BCUT2D eigenvalue weighted by atomic mass is 32.5. The molecule has 0 aliphatic carbocycles. The van der Waals surface area contributed by atoms with Crippen molar-refractivity contribution in [2.24, 2.45) is 0 Å². The monoisotopic (exact) mass is 845 g/mol. The number of aliphatic hydroxyl groups excluding tert-OH is 2. The maximum Gasteiger partial charge on any atom is 0.481 e. The molecule has 12 atom stereocenters. The average molecular weight is 846 g/mol. The van der Waals surface area contributed by atoms with Gasteiger partial charge < -0.3 is 63.4 Å². The van der Waals surface area contributed by atoms with Crippen molar-refractivity contribution in [3.63, 3.8) is 0 Å². The Kier molecular flexibility index (Phi) is 14.4. The van der Waals surface area contributed by atoms with Crippen LogP contribution in [0.4, 0.5) is 5.82 Å². The minimum Gasteiger partial charge on any atom is -0.462 e. The maximum atomic E-state index is 13.4. The van der Waals surface area contributed by atoms with Crippen molar-refractivity contribution in [3.8, 4) is 0 Å². The van der Waals surface area contributed by atoms with Gasteiger partial charge in [0.05, 0.1) is 12.9 Å². The van der Waals surface area contributed by atoms with Gasteiger partial charge in [-0.25, -0.2) is 23.8 Å². The fourth-order valence-electron chi connectivity index (χ4n) is 5.42. The highest BCUT2D eigenvalue weighted by Gasteiger charge is 2.57. The minimum atomic E-state index is -5.74. The van der Waals surface area contributed by atoms with Crippen LogP contribution >= 0.6 is 14.5 Å². The van der Waals surface area contributed by atoms with Crippen LogP contribution in [0.1, 0.15) is 40.8 Å². The second-order valence-electron chi connectivity index (χ2n) is 11.7. The number of nitrogens with zero attached hydrogens (tertiary/aromatic N) is 4. The van der Waals surface area contributed by atoms with E-state index in [1.807, 2.05) is 0 Å². The first-order valence-electron chi connectivity index (χ1n) is 15.7. The quantitative estimate of drug-likeness (QED) is 0.0766. The molecule has 2 fully saturated rings. The maximum absolute atomic E-state index is 13.4. The minimum absolute atomic E-state index is 0.0242. The standard InChI is InChI=1S/C27H37N5O20P2S/c1-10(33)43-6-16(45-11(2)34)20-21(46-12(3)35)22(47-13(4)36)23(48-14(5)37)27(50-20)51-53(40,41)52-54(42,55)44-7-15-18(38)19(39)26(49-15)32-9-31-17-24(28)29-8-30-25(17)32/h8-9,15-16,18-23,26-27,38-39H,6-7H2,1-5H3,(H,40,41)(H,42,55)(H2,28,29,30)/t15?,16-,18?,19?,20?,21?,22?,23?,26?,27?,54?/m1/s1. The number of hydrogen-bond donors (Lipinski definition) is 5. The van der Waals surface area contributed by atoms with Crippen LogP contribution in [-0.4, -0.2) is 138 Å². The van der Waals surface area contributed by atoms with Gasteiger partial charge in [-0.15, -0.1) is 0 Å². The number of phosphoric acid groups is 1. The van der Waals surface area contributed by atoms with Crippen molar-refractivity contribution in [1.29, 1.82) is 0 Å². The van der Waals surface area contributed by atoms with E-state index in [9.17, 15) is 48.5 Å². The zero-order chi connectivity index (χ0) is 41.0. The average Bonchev–Trinajstić information content (AvgIpc) is 3.60. The molecule has 2 aliphatic rings. The summed E-state index contributed by atoms with van der Waals surface area (Å²) in [5.74, 6) is -5.00. The van der Waals surface area contributed by atoms with E-state index in [1.54, 1.807) is 0 Å². The Morgan fingerprint density at radius 1 is 0.891 bits per heavy atom. The van der Waals surface area contributed by atoms with E-state index >= 15 is 0 Å². The number of imidazole rings is 1. The second-order valence-corrected chi connectivity index (χ2v) is 16.1.